The van der Waals surface area contributed by atoms with Crippen LogP contribution >= 0.6 is 0 Å². The molecule has 82 valence electrons. The molecule has 1 N–H and O–H groups in total. The molecule has 0 aromatic rings. The predicted octanol–water partition coefficient (Wildman–Crippen LogP) is 3.69. The van der Waals surface area contributed by atoms with Gasteiger partial charge in [-0.2, -0.15) is 0 Å². The smallest absolute Gasteiger partial charge is 0.0631 e. The normalized spacial score (nSPS) is 13.4. The lowest BCUT2D eigenvalue weighted by Crippen LogP contribution is -2.25. The van der Waals surface area contributed by atoms with Gasteiger partial charge >= 0.3 is 0 Å². The molecule has 0 aliphatic rings. The summed E-state index contributed by atoms with van der Waals surface area (Å²) >= 11 is 0. The zero-order valence-corrected chi connectivity index (χ0v) is 10.4. The quantitative estimate of drug-likeness (QED) is 0.683. The van der Waals surface area contributed by atoms with Crippen LogP contribution in [0.2, 0.25) is 0 Å². The Labute approximate surface area is 88.5 Å². The molecule has 0 amide bonds. The maximum absolute atomic E-state index is 9.87. The van der Waals surface area contributed by atoms with Crippen molar-refractivity contribution in [3.8, 4) is 0 Å². The van der Waals surface area contributed by atoms with Gasteiger partial charge in [0.05, 0.1) is 6.10 Å². The van der Waals surface area contributed by atoms with E-state index >= 15 is 0 Å². The van der Waals surface area contributed by atoms with Crippen molar-refractivity contribution in [3.05, 3.63) is 16.9 Å². The van der Waals surface area contributed by atoms with Crippen molar-refractivity contribution < 1.29 is 5.11 Å². The fraction of sp³-hybridized carbons (Fsp3) is 0.769. The van der Waals surface area contributed by atoms with E-state index in [0.29, 0.717) is 0 Å². The van der Waals surface area contributed by atoms with E-state index in [2.05, 4.69) is 40.3 Å². The monoisotopic (exact) mass is 196 g/mol. The second-order valence-corrected chi connectivity index (χ2v) is 5.13. The van der Waals surface area contributed by atoms with Crippen LogP contribution in [0.25, 0.3) is 0 Å². The first-order valence-corrected chi connectivity index (χ1v) is 5.37. The molecule has 0 rings (SSSR count). The minimum absolute atomic E-state index is 0.0386. The van der Waals surface area contributed by atoms with Crippen LogP contribution in [0.4, 0.5) is 0 Å². The van der Waals surface area contributed by atoms with Gasteiger partial charge < -0.3 is 5.11 Å². The Bertz CT molecular complexity index is 236. The summed E-state index contributed by atoms with van der Waals surface area (Å²) in [6.07, 6.45) is 1.48. The molecule has 1 nitrogen and oxygen atoms in total. The third-order valence-electron chi connectivity index (χ3n) is 2.46. The Balaban J connectivity index is 4.48. The number of aliphatic hydroxyl groups excluding tert-OH is 1. The highest BCUT2D eigenvalue weighted by atomic mass is 16.3. The number of hydrogen-bond donors (Lipinski definition) is 1. The van der Waals surface area contributed by atoms with Crippen LogP contribution in [0.15, 0.2) is 16.9 Å². The first-order chi connectivity index (χ1) is 6.27. The molecule has 0 bridgehead atoms. The lowest BCUT2D eigenvalue weighted by molar-refractivity contribution is 0.0636. The van der Waals surface area contributed by atoms with Crippen LogP contribution in [0, 0.1) is 5.41 Å². The minimum atomic E-state index is -0.278. The van der Waals surface area contributed by atoms with E-state index in [1.807, 2.05) is 6.92 Å². The van der Waals surface area contributed by atoms with Crippen molar-refractivity contribution in [2.45, 2.75) is 60.5 Å². The first kappa shape index (κ1) is 13.5. The van der Waals surface area contributed by atoms with Gasteiger partial charge in [-0.3, -0.25) is 0 Å². The van der Waals surface area contributed by atoms with E-state index < -0.39 is 0 Å². The van der Waals surface area contributed by atoms with Gasteiger partial charge in [-0.25, -0.2) is 0 Å². The van der Waals surface area contributed by atoms with Crippen molar-refractivity contribution >= 4 is 0 Å². The maximum atomic E-state index is 9.87. The van der Waals surface area contributed by atoms with Crippen LogP contribution in [0.3, 0.4) is 0 Å². The van der Waals surface area contributed by atoms with E-state index in [1.165, 1.54) is 5.57 Å². The average molecular weight is 196 g/mol. The number of rotatable bonds is 3. The third-order valence-corrected chi connectivity index (χ3v) is 2.46. The van der Waals surface area contributed by atoms with Crippen LogP contribution in [-0.4, -0.2) is 11.2 Å². The van der Waals surface area contributed by atoms with Gasteiger partial charge in [0, 0.05) is 6.42 Å². The van der Waals surface area contributed by atoms with Gasteiger partial charge in [0.15, 0.2) is 0 Å². The predicted molar refractivity (Wildman–Crippen MR) is 62.3 cm³/mol. The topological polar surface area (TPSA) is 20.2 Å². The van der Waals surface area contributed by atoms with Gasteiger partial charge in [0.2, 0.25) is 0 Å². The molecule has 0 aromatic heterocycles. The zero-order valence-electron chi connectivity index (χ0n) is 10.4. The van der Waals surface area contributed by atoms with Crippen molar-refractivity contribution in [1.29, 1.82) is 0 Å². The molecule has 0 saturated heterocycles. The second kappa shape index (κ2) is 5.38. The van der Waals surface area contributed by atoms with Crippen molar-refractivity contribution in [1.82, 2.24) is 0 Å². The fourth-order valence-electron chi connectivity index (χ4n) is 1.10. The van der Waals surface area contributed by atoms with Crippen molar-refractivity contribution in [2.75, 3.05) is 0 Å². The van der Waals surface area contributed by atoms with E-state index in [0.717, 1.165) is 18.4 Å². The molecule has 0 aliphatic carbocycles. The summed E-state index contributed by atoms with van der Waals surface area (Å²) in [5.41, 5.74) is 5.67. The first-order valence-electron chi connectivity index (χ1n) is 5.37. The average Bonchev–Trinajstić information content (AvgIpc) is 2.02. The molecule has 0 aromatic carbocycles. The van der Waals surface area contributed by atoms with E-state index in [4.69, 9.17) is 0 Å². The maximum Gasteiger partial charge on any atom is 0.0631 e. The SMILES string of the molecule is CCC(C)=C=C(C)CC(O)C(C)(C)C. The van der Waals surface area contributed by atoms with Crippen molar-refractivity contribution in [3.63, 3.8) is 0 Å². The van der Waals surface area contributed by atoms with Crippen LogP contribution < -0.4 is 0 Å². The fourth-order valence-corrected chi connectivity index (χ4v) is 1.10. The molecule has 0 fully saturated rings. The second-order valence-electron chi connectivity index (χ2n) is 5.13. The Morgan fingerprint density at radius 2 is 1.71 bits per heavy atom. The molecule has 1 heteroatoms. The number of hydrogen-bond acceptors (Lipinski definition) is 1. The summed E-state index contributed by atoms with van der Waals surface area (Å²) in [4.78, 5) is 0. The molecule has 0 heterocycles. The zero-order chi connectivity index (χ0) is 11.4. The Morgan fingerprint density at radius 1 is 1.21 bits per heavy atom. The summed E-state index contributed by atoms with van der Waals surface area (Å²) in [6.45, 7) is 12.4. The Kier molecular flexibility index (Phi) is 5.18. The Morgan fingerprint density at radius 3 is 2.07 bits per heavy atom. The molecule has 1 atom stereocenters. The standard InChI is InChI=1S/C13H24O/c1-7-10(2)8-11(3)9-12(14)13(4,5)6/h12,14H,7,9H2,1-6H3. The van der Waals surface area contributed by atoms with E-state index in [9.17, 15) is 5.11 Å². The summed E-state index contributed by atoms with van der Waals surface area (Å²) in [7, 11) is 0. The largest absolute Gasteiger partial charge is 0.392 e. The summed E-state index contributed by atoms with van der Waals surface area (Å²) in [5, 5.41) is 9.87. The van der Waals surface area contributed by atoms with Gasteiger partial charge in [-0.15, -0.1) is 5.73 Å². The highest BCUT2D eigenvalue weighted by molar-refractivity contribution is 5.06. The highest BCUT2D eigenvalue weighted by Crippen LogP contribution is 2.23. The molecule has 0 saturated carbocycles. The lowest BCUT2D eigenvalue weighted by Gasteiger charge is -2.25. The third kappa shape index (κ3) is 5.26. The van der Waals surface area contributed by atoms with Gasteiger partial charge in [0.1, 0.15) is 0 Å². The summed E-state index contributed by atoms with van der Waals surface area (Å²) < 4.78 is 0. The molecule has 0 radical (unpaired) electrons. The molecule has 0 spiro atoms. The highest BCUT2D eigenvalue weighted by Gasteiger charge is 2.21. The molecule has 1 unspecified atom stereocenters. The molecular formula is C13H24O. The van der Waals surface area contributed by atoms with Crippen LogP contribution in [-0.2, 0) is 0 Å². The van der Waals surface area contributed by atoms with Crippen molar-refractivity contribution in [2.24, 2.45) is 5.41 Å². The van der Waals surface area contributed by atoms with Gasteiger partial charge in [-0.05, 0) is 36.8 Å². The lowest BCUT2D eigenvalue weighted by atomic mass is 9.85. The van der Waals surface area contributed by atoms with Gasteiger partial charge in [-0.1, -0.05) is 27.7 Å². The summed E-state index contributed by atoms with van der Waals surface area (Å²) in [5.74, 6) is 0. The molecular weight excluding hydrogens is 172 g/mol. The molecule has 0 aliphatic heterocycles. The van der Waals surface area contributed by atoms with E-state index in [1.54, 1.807) is 0 Å². The Hall–Kier alpha value is -0.520. The summed E-state index contributed by atoms with van der Waals surface area (Å²) in [6, 6.07) is 0. The van der Waals surface area contributed by atoms with E-state index in [-0.39, 0.29) is 11.5 Å². The van der Waals surface area contributed by atoms with Gasteiger partial charge in [0.25, 0.3) is 0 Å². The molecule has 14 heavy (non-hydrogen) atoms. The number of aliphatic hydroxyl groups is 1. The minimum Gasteiger partial charge on any atom is -0.392 e. The van der Waals surface area contributed by atoms with Crippen LogP contribution in [0.1, 0.15) is 54.4 Å². The van der Waals surface area contributed by atoms with Crippen LogP contribution in [0.5, 0.6) is 0 Å².